The first-order valence-electron chi connectivity index (χ1n) is 8.53. The lowest BCUT2D eigenvalue weighted by molar-refractivity contribution is -0.938. The predicted molar refractivity (Wildman–Crippen MR) is 101 cm³/mol. The molecule has 1 aliphatic rings. The Morgan fingerprint density at radius 3 is 3.04 bits per heavy atom. The number of piperidine rings is 1. The third-order valence-corrected chi connectivity index (χ3v) is 6.85. The molecule has 4 nitrogen and oxygen atoms in total. The molecule has 0 amide bonds. The van der Waals surface area contributed by atoms with Gasteiger partial charge in [0.05, 0.1) is 18.5 Å². The SMILES string of the molecule is C[C@H]1CCC[NH+]([C@@H](C)c2nc3scc(-c4cccs4)c3c(=O)[nH]2)C1. The second kappa shape index (κ2) is 6.43. The summed E-state index contributed by atoms with van der Waals surface area (Å²) in [6, 6.07) is 4.31. The van der Waals surface area contributed by atoms with Gasteiger partial charge in [-0.15, -0.1) is 22.7 Å². The smallest absolute Gasteiger partial charge is 0.260 e. The van der Waals surface area contributed by atoms with E-state index >= 15 is 0 Å². The van der Waals surface area contributed by atoms with Gasteiger partial charge in [-0.1, -0.05) is 13.0 Å². The molecule has 1 unspecified atom stereocenters. The minimum Gasteiger partial charge on any atom is -0.326 e. The number of nitrogens with one attached hydrogen (secondary N) is 2. The summed E-state index contributed by atoms with van der Waals surface area (Å²) in [7, 11) is 0. The Morgan fingerprint density at radius 1 is 1.42 bits per heavy atom. The quantitative estimate of drug-likeness (QED) is 0.754. The van der Waals surface area contributed by atoms with E-state index in [0.29, 0.717) is 0 Å². The van der Waals surface area contributed by atoms with Crippen LogP contribution in [0.5, 0.6) is 0 Å². The molecule has 1 aliphatic heterocycles. The maximum Gasteiger partial charge on any atom is 0.260 e. The molecule has 3 aromatic heterocycles. The molecular weight excluding hydrogens is 338 g/mol. The van der Waals surface area contributed by atoms with Crippen molar-refractivity contribution in [2.45, 2.75) is 32.7 Å². The van der Waals surface area contributed by atoms with Crippen LogP contribution >= 0.6 is 22.7 Å². The number of aromatic amines is 1. The van der Waals surface area contributed by atoms with Gasteiger partial charge in [-0.2, -0.15) is 0 Å². The number of aromatic nitrogens is 2. The van der Waals surface area contributed by atoms with Gasteiger partial charge in [0, 0.05) is 21.7 Å². The van der Waals surface area contributed by atoms with Gasteiger partial charge in [-0.3, -0.25) is 4.79 Å². The van der Waals surface area contributed by atoms with Crippen molar-refractivity contribution in [2.75, 3.05) is 13.1 Å². The van der Waals surface area contributed by atoms with Crippen molar-refractivity contribution >= 4 is 32.9 Å². The molecule has 126 valence electrons. The van der Waals surface area contributed by atoms with Crippen LogP contribution in [-0.2, 0) is 0 Å². The second-order valence-corrected chi connectivity index (χ2v) is 8.65. The Morgan fingerprint density at radius 2 is 2.29 bits per heavy atom. The van der Waals surface area contributed by atoms with Gasteiger partial charge >= 0.3 is 0 Å². The Balaban J connectivity index is 1.72. The Labute approximate surface area is 149 Å². The number of likely N-dealkylation sites (tertiary alicyclic amines) is 1. The number of nitrogens with zero attached hydrogens (tertiary/aromatic N) is 1. The van der Waals surface area contributed by atoms with Crippen LogP contribution in [0, 0.1) is 5.92 Å². The Bertz CT molecular complexity index is 897. The highest BCUT2D eigenvalue weighted by Crippen LogP contribution is 2.33. The van der Waals surface area contributed by atoms with E-state index in [1.54, 1.807) is 22.7 Å². The average molecular weight is 361 g/mol. The van der Waals surface area contributed by atoms with Crippen LogP contribution in [0.1, 0.15) is 38.6 Å². The third kappa shape index (κ3) is 2.83. The van der Waals surface area contributed by atoms with Crippen molar-refractivity contribution in [1.82, 2.24) is 9.97 Å². The minimum atomic E-state index is -0.00374. The van der Waals surface area contributed by atoms with Crippen molar-refractivity contribution in [2.24, 2.45) is 5.92 Å². The summed E-state index contributed by atoms with van der Waals surface area (Å²) in [5.74, 6) is 1.58. The fraction of sp³-hybridized carbons (Fsp3) is 0.444. The fourth-order valence-electron chi connectivity index (χ4n) is 3.70. The molecule has 4 rings (SSSR count). The maximum absolute atomic E-state index is 12.7. The summed E-state index contributed by atoms with van der Waals surface area (Å²) in [5, 5.41) is 4.83. The normalized spacial score (nSPS) is 22.8. The molecule has 0 bridgehead atoms. The van der Waals surface area contributed by atoms with Crippen LogP contribution in [0.3, 0.4) is 0 Å². The molecule has 0 aromatic carbocycles. The van der Waals surface area contributed by atoms with Crippen molar-refractivity contribution in [3.05, 3.63) is 39.1 Å². The monoisotopic (exact) mass is 360 g/mol. The van der Waals surface area contributed by atoms with Crippen LogP contribution in [0.15, 0.2) is 27.7 Å². The van der Waals surface area contributed by atoms with Crippen molar-refractivity contribution in [1.29, 1.82) is 0 Å². The molecule has 0 aliphatic carbocycles. The Kier molecular flexibility index (Phi) is 4.28. The standard InChI is InChI=1S/C18H21N3OS2/c1-11-5-3-7-21(9-11)12(2)16-19-17(22)15-13(10-24-18(15)20-16)14-6-4-8-23-14/h4,6,8,10-12H,3,5,7,9H2,1-2H3,(H,19,20,22)/p+1/t11-,12-/m0/s1. The van der Waals surface area contributed by atoms with Crippen LogP contribution in [0.25, 0.3) is 20.7 Å². The number of fused-ring (bicyclic) bond motifs is 1. The van der Waals surface area contributed by atoms with E-state index < -0.39 is 0 Å². The number of rotatable bonds is 3. The molecule has 0 saturated carbocycles. The first kappa shape index (κ1) is 16.0. The average Bonchev–Trinajstić information content (AvgIpc) is 3.23. The van der Waals surface area contributed by atoms with E-state index in [2.05, 4.69) is 30.3 Å². The van der Waals surface area contributed by atoms with E-state index in [4.69, 9.17) is 4.98 Å². The first-order chi connectivity index (χ1) is 11.6. The van der Waals surface area contributed by atoms with Gasteiger partial charge in [-0.05, 0) is 31.2 Å². The molecule has 3 atom stereocenters. The first-order valence-corrected chi connectivity index (χ1v) is 10.3. The van der Waals surface area contributed by atoms with E-state index in [9.17, 15) is 4.79 Å². The van der Waals surface area contributed by atoms with Gasteiger partial charge in [0.1, 0.15) is 10.9 Å². The van der Waals surface area contributed by atoms with E-state index in [1.807, 2.05) is 11.4 Å². The summed E-state index contributed by atoms with van der Waals surface area (Å²) >= 11 is 3.23. The summed E-state index contributed by atoms with van der Waals surface area (Å²) in [6.45, 7) is 6.83. The van der Waals surface area contributed by atoms with Crippen LogP contribution in [0.2, 0.25) is 0 Å². The van der Waals surface area contributed by atoms with E-state index in [-0.39, 0.29) is 11.6 Å². The van der Waals surface area contributed by atoms with E-state index in [1.165, 1.54) is 17.7 Å². The number of hydrogen-bond acceptors (Lipinski definition) is 4. The zero-order valence-corrected chi connectivity index (χ0v) is 15.6. The maximum atomic E-state index is 12.7. The molecule has 6 heteroatoms. The lowest BCUT2D eigenvalue weighted by Gasteiger charge is -2.31. The highest BCUT2D eigenvalue weighted by molar-refractivity contribution is 7.18. The van der Waals surface area contributed by atoms with Crippen molar-refractivity contribution in [3.8, 4) is 10.4 Å². The summed E-state index contributed by atoms with van der Waals surface area (Å²) in [6.07, 6.45) is 2.57. The van der Waals surface area contributed by atoms with Gasteiger partial charge in [-0.25, -0.2) is 4.98 Å². The fourth-order valence-corrected chi connectivity index (χ4v) is 5.47. The Hall–Kier alpha value is -1.50. The molecule has 0 radical (unpaired) electrons. The van der Waals surface area contributed by atoms with Gasteiger partial charge in [0.15, 0.2) is 5.82 Å². The number of hydrogen-bond donors (Lipinski definition) is 2. The van der Waals surface area contributed by atoms with Gasteiger partial charge in [0.25, 0.3) is 5.56 Å². The second-order valence-electron chi connectivity index (χ2n) is 6.84. The molecule has 3 aromatic rings. The minimum absolute atomic E-state index is 0.00374. The van der Waals surface area contributed by atoms with E-state index in [0.717, 1.165) is 45.5 Å². The third-order valence-electron chi connectivity index (χ3n) is 5.08. The van der Waals surface area contributed by atoms with Gasteiger partial charge < -0.3 is 9.88 Å². The highest BCUT2D eigenvalue weighted by atomic mass is 32.1. The van der Waals surface area contributed by atoms with Gasteiger partial charge in [0.2, 0.25) is 0 Å². The molecule has 24 heavy (non-hydrogen) atoms. The highest BCUT2D eigenvalue weighted by Gasteiger charge is 2.28. The lowest BCUT2D eigenvalue weighted by atomic mass is 9.99. The summed E-state index contributed by atoms with van der Waals surface area (Å²) < 4.78 is 0. The zero-order valence-electron chi connectivity index (χ0n) is 14.0. The molecule has 1 fully saturated rings. The molecule has 2 N–H and O–H groups in total. The topological polar surface area (TPSA) is 50.2 Å². The van der Waals surface area contributed by atoms with Crippen molar-refractivity contribution in [3.63, 3.8) is 0 Å². The van der Waals surface area contributed by atoms with Crippen LogP contribution < -0.4 is 10.5 Å². The summed E-state index contributed by atoms with van der Waals surface area (Å²) in [4.78, 5) is 24.1. The molecule has 1 saturated heterocycles. The lowest BCUT2D eigenvalue weighted by Crippen LogP contribution is -3.13. The molecule has 0 spiro atoms. The largest absolute Gasteiger partial charge is 0.326 e. The number of H-pyrrole nitrogens is 1. The number of thiophene rings is 2. The predicted octanol–water partition coefficient (Wildman–Crippen LogP) is 3.09. The van der Waals surface area contributed by atoms with Crippen molar-refractivity contribution < 1.29 is 4.90 Å². The van der Waals surface area contributed by atoms with Crippen LogP contribution in [-0.4, -0.2) is 23.1 Å². The number of quaternary nitrogens is 1. The molecule has 4 heterocycles. The van der Waals surface area contributed by atoms with Crippen LogP contribution in [0.4, 0.5) is 0 Å². The summed E-state index contributed by atoms with van der Waals surface area (Å²) in [5.41, 5.74) is 1.01. The molecular formula is C18H22N3OS2+. The zero-order chi connectivity index (χ0) is 16.7.